The van der Waals surface area contributed by atoms with E-state index in [4.69, 9.17) is 5.11 Å². The number of carboxylic acids is 1. The second kappa shape index (κ2) is 12.0. The largest absolute Gasteiger partial charge is 0.481 e. The molecule has 1 fully saturated rings. The number of aliphatic carboxylic acids is 1. The topological polar surface area (TPSA) is 74.6 Å². The average molecular weight is 350 g/mol. The molecule has 1 unspecified atom stereocenters. The molecular formula is C21H34O4. The Labute approximate surface area is 152 Å². The van der Waals surface area contributed by atoms with Crippen molar-refractivity contribution in [2.24, 2.45) is 17.8 Å². The van der Waals surface area contributed by atoms with Crippen LogP contribution in [0.15, 0.2) is 24.3 Å². The molecule has 2 N–H and O–H groups in total. The molecule has 0 saturated heterocycles. The monoisotopic (exact) mass is 350 g/mol. The number of carbonyl (C=O) groups is 2. The molecule has 1 rings (SSSR count). The average Bonchev–Trinajstić information content (AvgIpc) is 2.93. The number of carboxylic acid groups (broad SMARTS) is 1. The van der Waals surface area contributed by atoms with Crippen LogP contribution < -0.4 is 0 Å². The van der Waals surface area contributed by atoms with Crippen molar-refractivity contribution in [3.63, 3.8) is 0 Å². The van der Waals surface area contributed by atoms with E-state index in [1.165, 1.54) is 0 Å². The Morgan fingerprint density at radius 3 is 2.76 bits per heavy atom. The third-order valence-corrected chi connectivity index (χ3v) is 5.12. The number of aliphatic hydroxyl groups excluding tert-OH is 1. The standard InChI is InChI=1S/C21H34O4/c1-3-4-9-16(2)19(22)14-12-17-13-15-20(23)18(17)10-7-5-6-8-11-21(24)25/h5,7,12,14,16-19,22H,3-4,6,8-11,13,15H2,1-2H3,(H,24,25)/t16?,17-,18+,19+/m0/s1. The Morgan fingerprint density at radius 1 is 1.32 bits per heavy atom. The van der Waals surface area contributed by atoms with Gasteiger partial charge in [-0.15, -0.1) is 0 Å². The predicted octanol–water partition coefficient (Wildman–Crippen LogP) is 4.53. The van der Waals surface area contributed by atoms with E-state index in [-0.39, 0.29) is 24.2 Å². The van der Waals surface area contributed by atoms with Gasteiger partial charge in [0.25, 0.3) is 0 Å². The van der Waals surface area contributed by atoms with Gasteiger partial charge in [-0.1, -0.05) is 51.0 Å². The van der Waals surface area contributed by atoms with E-state index in [1.807, 2.05) is 24.3 Å². The van der Waals surface area contributed by atoms with Crippen LogP contribution in [0.4, 0.5) is 0 Å². The molecule has 0 bridgehead atoms. The molecule has 0 radical (unpaired) electrons. The van der Waals surface area contributed by atoms with Gasteiger partial charge in [0.05, 0.1) is 6.10 Å². The molecule has 1 saturated carbocycles. The van der Waals surface area contributed by atoms with Crippen LogP contribution in [0.1, 0.15) is 71.6 Å². The highest BCUT2D eigenvalue weighted by Gasteiger charge is 2.32. The number of rotatable bonds is 12. The molecule has 0 spiro atoms. The van der Waals surface area contributed by atoms with E-state index < -0.39 is 12.1 Å². The summed E-state index contributed by atoms with van der Waals surface area (Å²) < 4.78 is 0. The van der Waals surface area contributed by atoms with E-state index >= 15 is 0 Å². The van der Waals surface area contributed by atoms with Crippen LogP contribution in [-0.2, 0) is 9.59 Å². The summed E-state index contributed by atoms with van der Waals surface area (Å²) in [7, 11) is 0. The van der Waals surface area contributed by atoms with Gasteiger partial charge in [-0.3, -0.25) is 9.59 Å². The lowest BCUT2D eigenvalue weighted by Crippen LogP contribution is -2.16. The van der Waals surface area contributed by atoms with E-state index in [2.05, 4.69) is 13.8 Å². The number of carbonyl (C=O) groups excluding carboxylic acids is 1. The number of hydrogen-bond acceptors (Lipinski definition) is 3. The molecular weight excluding hydrogens is 316 g/mol. The summed E-state index contributed by atoms with van der Waals surface area (Å²) in [6.45, 7) is 4.22. The number of hydrogen-bond donors (Lipinski definition) is 2. The number of unbranched alkanes of at least 4 members (excludes halogenated alkanes) is 2. The third kappa shape index (κ3) is 8.48. The van der Waals surface area contributed by atoms with Gasteiger partial charge in [0.15, 0.2) is 0 Å². The van der Waals surface area contributed by atoms with Gasteiger partial charge in [-0.2, -0.15) is 0 Å². The van der Waals surface area contributed by atoms with Gasteiger partial charge < -0.3 is 10.2 Å². The maximum Gasteiger partial charge on any atom is 0.303 e. The zero-order valence-corrected chi connectivity index (χ0v) is 15.7. The maximum absolute atomic E-state index is 12.1. The van der Waals surface area contributed by atoms with Crippen molar-refractivity contribution in [3.05, 3.63) is 24.3 Å². The van der Waals surface area contributed by atoms with Crippen molar-refractivity contribution in [3.8, 4) is 0 Å². The normalized spacial score (nSPS) is 23.6. The summed E-state index contributed by atoms with van der Waals surface area (Å²) in [6.07, 6.45) is 14.5. The van der Waals surface area contributed by atoms with Crippen LogP contribution >= 0.6 is 0 Å². The Morgan fingerprint density at radius 2 is 2.08 bits per heavy atom. The Bertz CT molecular complexity index is 467. The molecule has 25 heavy (non-hydrogen) atoms. The molecule has 0 aromatic carbocycles. The molecule has 4 atom stereocenters. The van der Waals surface area contributed by atoms with Gasteiger partial charge in [0.1, 0.15) is 5.78 Å². The first-order valence-electron chi connectivity index (χ1n) is 9.71. The molecule has 1 aliphatic carbocycles. The van der Waals surface area contributed by atoms with Gasteiger partial charge in [-0.05, 0) is 43.9 Å². The lowest BCUT2D eigenvalue weighted by Gasteiger charge is -2.17. The van der Waals surface area contributed by atoms with Crippen molar-refractivity contribution < 1.29 is 19.8 Å². The number of aliphatic hydroxyl groups is 1. The van der Waals surface area contributed by atoms with Crippen LogP contribution in [0.5, 0.6) is 0 Å². The van der Waals surface area contributed by atoms with Gasteiger partial charge in [0, 0.05) is 18.8 Å². The minimum atomic E-state index is -0.767. The molecule has 0 aromatic rings. The van der Waals surface area contributed by atoms with E-state index in [0.717, 1.165) is 32.1 Å². The fraction of sp³-hybridized carbons (Fsp3) is 0.714. The molecule has 4 nitrogen and oxygen atoms in total. The Hall–Kier alpha value is -1.42. The van der Waals surface area contributed by atoms with Crippen LogP contribution in [0.25, 0.3) is 0 Å². The summed E-state index contributed by atoms with van der Waals surface area (Å²) in [5, 5.41) is 18.8. The molecule has 0 aromatic heterocycles. The maximum atomic E-state index is 12.1. The summed E-state index contributed by atoms with van der Waals surface area (Å²) in [5.41, 5.74) is 0. The first-order valence-corrected chi connectivity index (χ1v) is 9.71. The Kier molecular flexibility index (Phi) is 10.4. The molecule has 0 aliphatic heterocycles. The second-order valence-corrected chi connectivity index (χ2v) is 7.26. The van der Waals surface area contributed by atoms with E-state index in [1.54, 1.807) is 0 Å². The summed E-state index contributed by atoms with van der Waals surface area (Å²) in [4.78, 5) is 22.6. The highest BCUT2D eigenvalue weighted by atomic mass is 16.4. The van der Waals surface area contributed by atoms with Gasteiger partial charge >= 0.3 is 5.97 Å². The second-order valence-electron chi connectivity index (χ2n) is 7.26. The van der Waals surface area contributed by atoms with Crippen molar-refractivity contribution >= 4 is 11.8 Å². The first-order chi connectivity index (χ1) is 12.0. The van der Waals surface area contributed by atoms with Crippen molar-refractivity contribution in [1.82, 2.24) is 0 Å². The molecule has 142 valence electrons. The fourth-order valence-corrected chi connectivity index (χ4v) is 3.35. The molecule has 0 heterocycles. The van der Waals surface area contributed by atoms with Crippen LogP contribution in [0, 0.1) is 17.8 Å². The SMILES string of the molecule is CCCCC(C)[C@H](O)C=C[C@H]1CCC(=O)[C@@H]1CC=CCCCC(=O)O. The smallest absolute Gasteiger partial charge is 0.303 e. The quantitative estimate of drug-likeness (QED) is 0.401. The summed E-state index contributed by atoms with van der Waals surface area (Å²) in [5.74, 6) is 0.00449. The van der Waals surface area contributed by atoms with Crippen LogP contribution in [-0.4, -0.2) is 28.1 Å². The molecule has 1 aliphatic rings. The highest BCUT2D eigenvalue weighted by molar-refractivity contribution is 5.83. The minimum Gasteiger partial charge on any atom is -0.481 e. The molecule has 0 amide bonds. The number of ketones is 1. The zero-order valence-electron chi connectivity index (χ0n) is 15.7. The Balaban J connectivity index is 2.44. The number of Topliss-reactive ketones (excluding diaryl/α,β-unsaturated/α-hetero) is 1. The minimum absolute atomic E-state index is 0.00474. The van der Waals surface area contributed by atoms with E-state index in [0.29, 0.717) is 25.0 Å². The fourth-order valence-electron chi connectivity index (χ4n) is 3.35. The third-order valence-electron chi connectivity index (χ3n) is 5.12. The first kappa shape index (κ1) is 21.6. The summed E-state index contributed by atoms with van der Waals surface area (Å²) in [6, 6.07) is 0. The van der Waals surface area contributed by atoms with Crippen molar-refractivity contribution in [2.75, 3.05) is 0 Å². The van der Waals surface area contributed by atoms with Gasteiger partial charge in [0.2, 0.25) is 0 Å². The van der Waals surface area contributed by atoms with Gasteiger partial charge in [-0.25, -0.2) is 0 Å². The van der Waals surface area contributed by atoms with Crippen molar-refractivity contribution in [2.45, 2.75) is 77.7 Å². The number of allylic oxidation sites excluding steroid dienone is 3. The molecule has 4 heteroatoms. The highest BCUT2D eigenvalue weighted by Crippen LogP contribution is 2.33. The lowest BCUT2D eigenvalue weighted by molar-refractivity contribution is -0.137. The zero-order chi connectivity index (χ0) is 18.7. The van der Waals surface area contributed by atoms with E-state index in [9.17, 15) is 14.7 Å². The predicted molar refractivity (Wildman–Crippen MR) is 100 cm³/mol. The van der Waals surface area contributed by atoms with Crippen LogP contribution in [0.2, 0.25) is 0 Å². The van der Waals surface area contributed by atoms with Crippen molar-refractivity contribution in [1.29, 1.82) is 0 Å². The van der Waals surface area contributed by atoms with Crippen LogP contribution in [0.3, 0.4) is 0 Å². The lowest BCUT2D eigenvalue weighted by atomic mass is 9.90. The summed E-state index contributed by atoms with van der Waals surface area (Å²) >= 11 is 0.